The van der Waals surface area contributed by atoms with E-state index in [9.17, 15) is 9.59 Å². The number of benzene rings is 2. The second-order valence-corrected chi connectivity index (χ2v) is 8.95. The minimum absolute atomic E-state index is 0. The van der Waals surface area contributed by atoms with E-state index in [1.54, 1.807) is 23.2 Å². The predicted octanol–water partition coefficient (Wildman–Crippen LogP) is 4.27. The average Bonchev–Trinajstić information content (AvgIpc) is 3.52. The molecule has 1 amide bonds. The molecule has 4 aromatic rings. The summed E-state index contributed by atoms with van der Waals surface area (Å²) in [5.41, 5.74) is 5.11. The first-order chi connectivity index (χ1) is 15.5. The SMILES string of the molecule is Cc1cc2c(cc1C(=O)N1CCc3cc(Cl)ccc31)[nH]c(=O)c1cnc(C3CCOC3)n12.Cl. The number of ether oxygens (including phenoxy) is 1. The van der Waals surface area contributed by atoms with E-state index in [0.29, 0.717) is 41.4 Å². The first kappa shape index (κ1) is 21.9. The lowest BCUT2D eigenvalue weighted by Crippen LogP contribution is -2.29. The van der Waals surface area contributed by atoms with Crippen LogP contribution < -0.4 is 10.5 Å². The van der Waals surface area contributed by atoms with Crippen molar-refractivity contribution in [1.82, 2.24) is 14.4 Å². The Kier molecular flexibility index (Phi) is 5.43. The Balaban J connectivity index is 0.00000228. The molecular weight excluding hydrogens is 463 g/mol. The third kappa shape index (κ3) is 3.42. The molecule has 2 aromatic heterocycles. The Morgan fingerprint density at radius 3 is 2.88 bits per heavy atom. The van der Waals surface area contributed by atoms with Crippen LogP contribution in [0, 0.1) is 6.92 Å². The summed E-state index contributed by atoms with van der Waals surface area (Å²) < 4.78 is 7.46. The van der Waals surface area contributed by atoms with Gasteiger partial charge in [0.1, 0.15) is 11.3 Å². The van der Waals surface area contributed by atoms with Gasteiger partial charge in [-0.05, 0) is 61.2 Å². The van der Waals surface area contributed by atoms with Crippen molar-refractivity contribution >= 4 is 52.2 Å². The number of aromatic amines is 1. The van der Waals surface area contributed by atoms with E-state index >= 15 is 0 Å². The van der Waals surface area contributed by atoms with E-state index in [-0.39, 0.29) is 29.8 Å². The highest BCUT2D eigenvalue weighted by Crippen LogP contribution is 2.33. The lowest BCUT2D eigenvalue weighted by atomic mass is 10.0. The number of aromatic nitrogens is 3. The number of H-pyrrole nitrogens is 1. The van der Waals surface area contributed by atoms with Gasteiger partial charge in [-0.3, -0.25) is 14.0 Å². The van der Waals surface area contributed by atoms with E-state index in [4.69, 9.17) is 16.3 Å². The maximum atomic E-state index is 13.5. The molecule has 1 atom stereocenters. The van der Waals surface area contributed by atoms with Crippen molar-refractivity contribution in [3.8, 4) is 0 Å². The number of amides is 1. The number of carbonyl (C=O) groups is 1. The van der Waals surface area contributed by atoms with Gasteiger partial charge in [0.25, 0.3) is 11.5 Å². The number of nitrogens with zero attached hydrogens (tertiary/aromatic N) is 3. The van der Waals surface area contributed by atoms with E-state index in [1.165, 1.54) is 0 Å². The average molecular weight is 485 g/mol. The first-order valence-electron chi connectivity index (χ1n) is 10.7. The third-order valence-electron chi connectivity index (χ3n) is 6.56. The Labute approximate surface area is 200 Å². The summed E-state index contributed by atoms with van der Waals surface area (Å²) in [6, 6.07) is 9.37. The standard InChI is InChI=1S/C24H21ClN4O3.ClH/c1-13-8-20-18(27-23(30)21-11-26-22(29(20)21)15-5-7-32-12-15)10-17(13)24(31)28-6-4-14-9-16(25)2-3-19(14)28;/h2-3,8-11,15H,4-7,12H2,1H3,(H,27,30);1H. The monoisotopic (exact) mass is 484 g/mol. The summed E-state index contributed by atoms with van der Waals surface area (Å²) in [5, 5.41) is 0.672. The molecule has 9 heteroatoms. The molecule has 1 fully saturated rings. The van der Waals surface area contributed by atoms with Crippen LogP contribution >= 0.6 is 24.0 Å². The highest BCUT2D eigenvalue weighted by molar-refractivity contribution is 6.30. The van der Waals surface area contributed by atoms with Crippen molar-refractivity contribution in [2.75, 3.05) is 24.7 Å². The Morgan fingerprint density at radius 1 is 1.24 bits per heavy atom. The highest BCUT2D eigenvalue weighted by Gasteiger charge is 2.28. The van der Waals surface area contributed by atoms with Gasteiger partial charge in [-0.1, -0.05) is 11.6 Å². The smallest absolute Gasteiger partial charge is 0.274 e. The van der Waals surface area contributed by atoms with E-state index in [0.717, 1.165) is 41.0 Å². The second kappa shape index (κ2) is 8.17. The van der Waals surface area contributed by atoms with E-state index < -0.39 is 0 Å². The molecule has 1 saturated heterocycles. The molecule has 1 unspecified atom stereocenters. The largest absolute Gasteiger partial charge is 0.381 e. The first-order valence-corrected chi connectivity index (χ1v) is 11.1. The van der Waals surface area contributed by atoms with E-state index in [2.05, 4.69) is 9.97 Å². The molecule has 7 nitrogen and oxygen atoms in total. The quantitative estimate of drug-likeness (QED) is 0.460. The van der Waals surface area contributed by atoms with Crippen molar-refractivity contribution < 1.29 is 9.53 Å². The van der Waals surface area contributed by atoms with Crippen LogP contribution in [0.15, 0.2) is 41.3 Å². The Hall–Kier alpha value is -2.87. The summed E-state index contributed by atoms with van der Waals surface area (Å²) in [6.07, 6.45) is 3.27. The van der Waals surface area contributed by atoms with Crippen LogP contribution in [0.1, 0.15) is 39.6 Å². The third-order valence-corrected chi connectivity index (χ3v) is 6.80. The number of hydrogen-bond donors (Lipinski definition) is 1. The van der Waals surface area contributed by atoms with Crippen molar-refractivity contribution in [1.29, 1.82) is 0 Å². The van der Waals surface area contributed by atoms with Crippen molar-refractivity contribution in [2.24, 2.45) is 0 Å². The lowest BCUT2D eigenvalue weighted by molar-refractivity contribution is 0.0989. The number of nitrogens with one attached hydrogen (secondary N) is 1. The number of hydrogen-bond acceptors (Lipinski definition) is 4. The molecule has 0 bridgehead atoms. The zero-order valence-electron chi connectivity index (χ0n) is 17.9. The number of halogens is 2. The van der Waals surface area contributed by atoms with Crippen LogP contribution in [0.25, 0.3) is 16.6 Å². The van der Waals surface area contributed by atoms with Crippen molar-refractivity contribution in [2.45, 2.75) is 25.7 Å². The van der Waals surface area contributed by atoms with Crippen LogP contribution in [0.3, 0.4) is 0 Å². The van der Waals surface area contributed by atoms with Crippen LogP contribution in [0.2, 0.25) is 5.02 Å². The van der Waals surface area contributed by atoms with Gasteiger partial charge >= 0.3 is 0 Å². The topological polar surface area (TPSA) is 79.7 Å². The number of carbonyl (C=O) groups excluding carboxylic acids is 1. The number of anilines is 1. The Bertz CT molecular complexity index is 1470. The van der Waals surface area contributed by atoms with Gasteiger partial charge in [-0.15, -0.1) is 12.4 Å². The van der Waals surface area contributed by atoms with Gasteiger partial charge in [0.15, 0.2) is 0 Å². The van der Waals surface area contributed by atoms with Crippen LogP contribution in [-0.2, 0) is 11.2 Å². The number of rotatable bonds is 2. The molecule has 2 aliphatic heterocycles. The van der Waals surface area contributed by atoms with Gasteiger partial charge < -0.3 is 14.6 Å². The van der Waals surface area contributed by atoms with Gasteiger partial charge in [0.2, 0.25) is 0 Å². The van der Waals surface area contributed by atoms with Crippen LogP contribution in [-0.4, -0.2) is 40.0 Å². The molecule has 33 heavy (non-hydrogen) atoms. The molecule has 2 aliphatic rings. The summed E-state index contributed by atoms with van der Waals surface area (Å²) in [5.74, 6) is 0.899. The van der Waals surface area contributed by atoms with Gasteiger partial charge in [-0.25, -0.2) is 4.98 Å². The molecule has 4 heterocycles. The van der Waals surface area contributed by atoms with Crippen LogP contribution in [0.5, 0.6) is 0 Å². The predicted molar refractivity (Wildman–Crippen MR) is 130 cm³/mol. The normalized spacial score (nSPS) is 17.5. The molecule has 170 valence electrons. The van der Waals surface area contributed by atoms with E-state index in [1.807, 2.05) is 29.5 Å². The molecule has 0 spiro atoms. The fourth-order valence-electron chi connectivity index (χ4n) is 4.93. The number of imidazole rings is 1. The molecule has 2 aromatic carbocycles. The molecular formula is C24H22Cl2N4O3. The summed E-state index contributed by atoms with van der Waals surface area (Å²) in [7, 11) is 0. The van der Waals surface area contributed by atoms with Crippen molar-refractivity contribution in [3.05, 3.63) is 74.4 Å². The molecule has 1 N–H and O–H groups in total. The second-order valence-electron chi connectivity index (χ2n) is 8.52. The van der Waals surface area contributed by atoms with Crippen LogP contribution in [0.4, 0.5) is 5.69 Å². The maximum Gasteiger partial charge on any atom is 0.274 e. The molecule has 0 saturated carbocycles. The molecule has 0 radical (unpaired) electrons. The van der Waals surface area contributed by atoms with Gasteiger partial charge in [-0.2, -0.15) is 0 Å². The maximum absolute atomic E-state index is 13.5. The lowest BCUT2D eigenvalue weighted by Gasteiger charge is -2.19. The minimum Gasteiger partial charge on any atom is -0.381 e. The summed E-state index contributed by atoms with van der Waals surface area (Å²) in [4.78, 5) is 35.6. The van der Waals surface area contributed by atoms with Crippen molar-refractivity contribution in [3.63, 3.8) is 0 Å². The fraction of sp³-hybridized carbons (Fsp3) is 0.292. The minimum atomic E-state index is -0.224. The Morgan fingerprint density at radius 2 is 2.09 bits per heavy atom. The molecule has 0 aliphatic carbocycles. The highest BCUT2D eigenvalue weighted by atomic mass is 35.5. The summed E-state index contributed by atoms with van der Waals surface area (Å²) >= 11 is 6.12. The van der Waals surface area contributed by atoms with Gasteiger partial charge in [0.05, 0.1) is 23.8 Å². The fourth-order valence-corrected chi connectivity index (χ4v) is 5.12. The zero-order chi connectivity index (χ0) is 22.0. The van der Waals surface area contributed by atoms with Gasteiger partial charge in [0, 0.05) is 35.3 Å². The molecule has 6 rings (SSSR count). The number of fused-ring (bicyclic) bond motifs is 4. The number of aryl methyl sites for hydroxylation is 1. The zero-order valence-corrected chi connectivity index (χ0v) is 19.5. The summed E-state index contributed by atoms with van der Waals surface area (Å²) in [6.45, 7) is 3.83.